The first-order valence-electron chi connectivity index (χ1n) is 5.10. The smallest absolute Gasteiger partial charge is 0.303 e. The van der Waals surface area contributed by atoms with E-state index in [0.29, 0.717) is 6.42 Å². The van der Waals surface area contributed by atoms with E-state index >= 15 is 0 Å². The fourth-order valence-corrected chi connectivity index (χ4v) is 1.27. The molecular formula is C11H20MgO2. The highest BCUT2D eigenvalue weighted by Crippen LogP contribution is 2.08. The summed E-state index contributed by atoms with van der Waals surface area (Å²) in [6.07, 6.45) is 10.1. The van der Waals surface area contributed by atoms with Gasteiger partial charge in [-0.25, -0.2) is 0 Å². The average molecular weight is 209 g/mol. The van der Waals surface area contributed by atoms with E-state index in [2.05, 4.69) is 6.58 Å². The zero-order valence-electron chi connectivity index (χ0n) is 9.00. The van der Waals surface area contributed by atoms with Crippen molar-refractivity contribution in [2.75, 3.05) is 0 Å². The highest BCUT2D eigenvalue weighted by molar-refractivity contribution is 5.75. The Morgan fingerprint density at radius 1 is 1.07 bits per heavy atom. The normalized spacial score (nSPS) is 9.14. The molecule has 78 valence electrons. The molecule has 0 atom stereocenters. The van der Waals surface area contributed by atoms with Crippen LogP contribution >= 0.6 is 0 Å². The number of carboxylic acid groups (broad SMARTS) is 1. The van der Waals surface area contributed by atoms with Crippen molar-refractivity contribution in [1.29, 1.82) is 0 Å². The zero-order chi connectivity index (χ0) is 9.94. The van der Waals surface area contributed by atoms with E-state index in [9.17, 15) is 4.79 Å². The predicted molar refractivity (Wildman–Crippen MR) is 60.5 cm³/mol. The number of hydrogen-bond acceptors (Lipinski definition) is 1. The lowest BCUT2D eigenvalue weighted by Gasteiger charge is -1.98. The van der Waals surface area contributed by atoms with Crippen LogP contribution in [0.25, 0.3) is 0 Å². The van der Waals surface area contributed by atoms with Crippen LogP contribution in [0.1, 0.15) is 51.4 Å². The third-order valence-corrected chi connectivity index (χ3v) is 2.05. The molecule has 0 aliphatic carbocycles. The van der Waals surface area contributed by atoms with Crippen LogP contribution in [0.4, 0.5) is 0 Å². The van der Waals surface area contributed by atoms with Crippen LogP contribution in [-0.4, -0.2) is 34.1 Å². The molecule has 0 unspecified atom stereocenters. The number of rotatable bonds is 9. The van der Waals surface area contributed by atoms with Gasteiger partial charge in [-0.15, -0.1) is 6.58 Å². The average Bonchev–Trinajstić information content (AvgIpc) is 2.09. The number of hydrogen-bond donors (Lipinski definition) is 1. The van der Waals surface area contributed by atoms with E-state index in [4.69, 9.17) is 5.11 Å². The molecule has 0 aliphatic heterocycles. The molecular weight excluding hydrogens is 188 g/mol. The minimum atomic E-state index is -0.674. The first kappa shape index (κ1) is 16.4. The molecule has 0 saturated heterocycles. The Balaban J connectivity index is 0. The van der Waals surface area contributed by atoms with E-state index in [1.54, 1.807) is 0 Å². The Kier molecular flexibility index (Phi) is 15.2. The van der Waals surface area contributed by atoms with E-state index in [0.717, 1.165) is 19.3 Å². The highest BCUT2D eigenvalue weighted by atomic mass is 24.3. The van der Waals surface area contributed by atoms with Gasteiger partial charge in [0.25, 0.3) is 0 Å². The second-order valence-electron chi connectivity index (χ2n) is 3.34. The summed E-state index contributed by atoms with van der Waals surface area (Å²) in [7, 11) is 0. The lowest BCUT2D eigenvalue weighted by molar-refractivity contribution is -0.137. The lowest BCUT2D eigenvalue weighted by Crippen LogP contribution is -1.93. The zero-order valence-corrected chi connectivity index (χ0v) is 10.4. The Morgan fingerprint density at radius 3 is 2.07 bits per heavy atom. The highest BCUT2D eigenvalue weighted by Gasteiger charge is 1.95. The first-order valence-corrected chi connectivity index (χ1v) is 5.10. The Hall–Kier alpha value is -0.0238. The summed E-state index contributed by atoms with van der Waals surface area (Å²) in [6, 6.07) is 0. The van der Waals surface area contributed by atoms with Crippen molar-refractivity contribution < 1.29 is 9.90 Å². The molecule has 0 saturated carbocycles. The van der Waals surface area contributed by atoms with Crippen LogP contribution in [0.15, 0.2) is 12.7 Å². The SMILES string of the molecule is C=CCCCCCCCCC(=O)O.[Mg]. The fraction of sp³-hybridized carbons (Fsp3) is 0.727. The van der Waals surface area contributed by atoms with E-state index in [1.165, 1.54) is 25.7 Å². The van der Waals surface area contributed by atoms with Gasteiger partial charge in [-0.05, 0) is 19.3 Å². The number of carbonyl (C=O) groups is 1. The Bertz CT molecular complexity index is 146. The molecule has 2 radical (unpaired) electrons. The van der Waals surface area contributed by atoms with Crippen molar-refractivity contribution in [3.05, 3.63) is 12.7 Å². The third kappa shape index (κ3) is 14.5. The number of allylic oxidation sites excluding steroid dienone is 1. The van der Waals surface area contributed by atoms with Crippen molar-refractivity contribution in [2.45, 2.75) is 51.4 Å². The summed E-state index contributed by atoms with van der Waals surface area (Å²) in [5, 5.41) is 8.38. The molecule has 2 nitrogen and oxygen atoms in total. The maximum absolute atomic E-state index is 10.2. The van der Waals surface area contributed by atoms with E-state index in [1.807, 2.05) is 6.08 Å². The molecule has 0 amide bonds. The maximum atomic E-state index is 10.2. The molecule has 14 heavy (non-hydrogen) atoms. The Labute approximate surface area is 103 Å². The standard InChI is InChI=1S/C11H20O2.Mg/c1-2-3-4-5-6-7-8-9-10-11(12)13;/h2H,1,3-10H2,(H,12,13);. The minimum absolute atomic E-state index is 0. The van der Waals surface area contributed by atoms with Gasteiger partial charge in [-0.3, -0.25) is 4.79 Å². The largest absolute Gasteiger partial charge is 0.481 e. The summed E-state index contributed by atoms with van der Waals surface area (Å²) < 4.78 is 0. The Morgan fingerprint density at radius 2 is 1.57 bits per heavy atom. The topological polar surface area (TPSA) is 37.3 Å². The van der Waals surface area contributed by atoms with Crippen LogP contribution < -0.4 is 0 Å². The summed E-state index contributed by atoms with van der Waals surface area (Å²) in [5.41, 5.74) is 0. The van der Waals surface area contributed by atoms with Crippen molar-refractivity contribution >= 4 is 29.0 Å². The van der Waals surface area contributed by atoms with E-state index in [-0.39, 0.29) is 23.1 Å². The van der Waals surface area contributed by atoms with Crippen LogP contribution in [-0.2, 0) is 4.79 Å². The van der Waals surface area contributed by atoms with Crippen LogP contribution in [0.2, 0.25) is 0 Å². The molecule has 0 bridgehead atoms. The van der Waals surface area contributed by atoms with Gasteiger partial charge in [-0.1, -0.05) is 31.8 Å². The second-order valence-corrected chi connectivity index (χ2v) is 3.34. The van der Waals surface area contributed by atoms with Crippen LogP contribution in [0.3, 0.4) is 0 Å². The number of carboxylic acids is 1. The monoisotopic (exact) mass is 208 g/mol. The minimum Gasteiger partial charge on any atom is -0.481 e. The summed E-state index contributed by atoms with van der Waals surface area (Å²) in [4.78, 5) is 10.2. The van der Waals surface area contributed by atoms with Crippen LogP contribution in [0, 0.1) is 0 Å². The molecule has 1 N–H and O–H groups in total. The molecule has 0 spiro atoms. The molecule has 0 aromatic rings. The lowest BCUT2D eigenvalue weighted by atomic mass is 10.1. The quantitative estimate of drug-likeness (QED) is 0.359. The molecule has 0 aromatic carbocycles. The van der Waals surface area contributed by atoms with Gasteiger partial charge in [0.1, 0.15) is 0 Å². The van der Waals surface area contributed by atoms with Crippen molar-refractivity contribution in [1.82, 2.24) is 0 Å². The van der Waals surface area contributed by atoms with Gasteiger partial charge in [0, 0.05) is 29.5 Å². The van der Waals surface area contributed by atoms with Gasteiger partial charge < -0.3 is 5.11 Å². The molecule has 0 aliphatic rings. The molecule has 0 fully saturated rings. The molecule has 0 aromatic heterocycles. The van der Waals surface area contributed by atoms with Crippen molar-refractivity contribution in [3.8, 4) is 0 Å². The van der Waals surface area contributed by atoms with Gasteiger partial charge in [0.05, 0.1) is 0 Å². The second kappa shape index (κ2) is 13.0. The maximum Gasteiger partial charge on any atom is 0.303 e. The summed E-state index contributed by atoms with van der Waals surface area (Å²) in [6.45, 7) is 3.66. The number of aliphatic carboxylic acids is 1. The number of unbranched alkanes of at least 4 members (excludes halogenated alkanes) is 6. The fourth-order valence-electron chi connectivity index (χ4n) is 1.27. The van der Waals surface area contributed by atoms with Crippen LogP contribution in [0.5, 0.6) is 0 Å². The van der Waals surface area contributed by atoms with Gasteiger partial charge in [-0.2, -0.15) is 0 Å². The van der Waals surface area contributed by atoms with E-state index < -0.39 is 5.97 Å². The molecule has 0 heterocycles. The summed E-state index contributed by atoms with van der Waals surface area (Å²) >= 11 is 0. The van der Waals surface area contributed by atoms with Gasteiger partial charge in [0.15, 0.2) is 0 Å². The van der Waals surface area contributed by atoms with Crippen molar-refractivity contribution in [2.24, 2.45) is 0 Å². The third-order valence-electron chi connectivity index (χ3n) is 2.05. The summed E-state index contributed by atoms with van der Waals surface area (Å²) in [5.74, 6) is -0.674. The molecule has 3 heteroatoms. The van der Waals surface area contributed by atoms with Crippen molar-refractivity contribution in [3.63, 3.8) is 0 Å². The van der Waals surface area contributed by atoms with Gasteiger partial charge >= 0.3 is 5.97 Å². The van der Waals surface area contributed by atoms with Gasteiger partial charge in [0.2, 0.25) is 0 Å². The first-order chi connectivity index (χ1) is 6.27. The molecule has 0 rings (SSSR count). The predicted octanol–water partition coefficient (Wildman–Crippen LogP) is 3.00.